The minimum Gasteiger partial charge on any atom is -0.325 e. The number of benzene rings is 2. The molecule has 0 atom stereocenters. The second kappa shape index (κ2) is 9.06. The predicted octanol–water partition coefficient (Wildman–Crippen LogP) is 5.55. The number of carbonyl (C=O) groups excluding carboxylic acids is 2. The van der Waals surface area contributed by atoms with Crippen molar-refractivity contribution < 1.29 is 22.8 Å². The van der Waals surface area contributed by atoms with Gasteiger partial charge in [-0.2, -0.15) is 18.3 Å². The van der Waals surface area contributed by atoms with E-state index in [1.54, 1.807) is 35.2 Å². The highest BCUT2D eigenvalue weighted by Crippen LogP contribution is 2.31. The Kier molecular flexibility index (Phi) is 6.16. The third-order valence-corrected chi connectivity index (χ3v) is 5.11. The molecule has 0 saturated heterocycles. The first-order chi connectivity index (χ1) is 16.1. The maximum Gasteiger partial charge on any atom is 0.416 e. The Balaban J connectivity index is 1.71. The summed E-state index contributed by atoms with van der Waals surface area (Å²) in [7, 11) is 0. The minimum atomic E-state index is -4.53. The lowest BCUT2D eigenvalue weighted by atomic mass is 10.2. The van der Waals surface area contributed by atoms with Crippen LogP contribution >= 0.6 is 11.6 Å². The summed E-state index contributed by atoms with van der Waals surface area (Å²) in [6, 6.07) is 12.7. The molecule has 0 aliphatic heterocycles. The number of rotatable bonds is 5. The van der Waals surface area contributed by atoms with Gasteiger partial charge in [0.05, 0.1) is 28.2 Å². The molecule has 7 nitrogen and oxygen atoms in total. The number of anilines is 2. The van der Waals surface area contributed by atoms with Gasteiger partial charge in [0.2, 0.25) is 5.91 Å². The third kappa shape index (κ3) is 4.81. The van der Waals surface area contributed by atoms with Crippen LogP contribution in [0.25, 0.3) is 11.5 Å². The number of nitrogens with one attached hydrogen (secondary N) is 2. The normalized spacial score (nSPS) is 11.3. The van der Waals surface area contributed by atoms with Crippen LogP contribution in [0.1, 0.15) is 22.8 Å². The van der Waals surface area contributed by atoms with Crippen molar-refractivity contribution in [3.63, 3.8) is 0 Å². The van der Waals surface area contributed by atoms with Gasteiger partial charge in [-0.25, -0.2) is 4.68 Å². The number of aromatic nitrogens is 3. The average molecular weight is 488 g/mol. The Hall–Kier alpha value is -4.05. The molecule has 0 saturated carbocycles. The maximum atomic E-state index is 13.2. The van der Waals surface area contributed by atoms with Crippen molar-refractivity contribution in [1.29, 1.82) is 0 Å². The van der Waals surface area contributed by atoms with Crippen molar-refractivity contribution in [2.24, 2.45) is 0 Å². The van der Waals surface area contributed by atoms with E-state index in [2.05, 4.69) is 15.7 Å². The molecule has 174 valence electrons. The highest BCUT2D eigenvalue weighted by molar-refractivity contribution is 6.34. The molecule has 2 aromatic heterocycles. The zero-order chi connectivity index (χ0) is 24.5. The van der Waals surface area contributed by atoms with Gasteiger partial charge >= 0.3 is 6.18 Å². The molecule has 34 heavy (non-hydrogen) atoms. The first-order valence-corrected chi connectivity index (χ1v) is 10.3. The Labute approximate surface area is 196 Å². The van der Waals surface area contributed by atoms with Gasteiger partial charge in [0.1, 0.15) is 5.56 Å². The molecule has 4 rings (SSSR count). The van der Waals surface area contributed by atoms with Gasteiger partial charge in [0.15, 0.2) is 5.82 Å². The zero-order valence-corrected chi connectivity index (χ0v) is 18.4. The molecular weight excluding hydrogens is 471 g/mol. The molecular formula is C23H17ClF3N5O2. The second-order valence-corrected chi connectivity index (χ2v) is 7.67. The number of halogens is 4. The minimum absolute atomic E-state index is 0.121. The second-order valence-electron chi connectivity index (χ2n) is 7.26. The Morgan fingerprint density at radius 1 is 1.00 bits per heavy atom. The number of nitrogens with zero attached hydrogens (tertiary/aromatic N) is 3. The van der Waals surface area contributed by atoms with Gasteiger partial charge < -0.3 is 15.2 Å². The van der Waals surface area contributed by atoms with Crippen LogP contribution in [-0.2, 0) is 11.0 Å². The summed E-state index contributed by atoms with van der Waals surface area (Å²) >= 11 is 6.17. The molecule has 2 aromatic carbocycles. The van der Waals surface area contributed by atoms with Gasteiger partial charge in [-0.05, 0) is 48.5 Å². The summed E-state index contributed by atoms with van der Waals surface area (Å²) in [6.45, 7) is 1.34. The maximum absolute atomic E-state index is 13.2. The Bertz CT molecular complexity index is 1360. The van der Waals surface area contributed by atoms with E-state index in [9.17, 15) is 22.8 Å². The Morgan fingerprint density at radius 3 is 2.38 bits per heavy atom. The van der Waals surface area contributed by atoms with Crippen molar-refractivity contribution in [2.75, 3.05) is 10.6 Å². The van der Waals surface area contributed by atoms with Gasteiger partial charge in [0, 0.05) is 25.0 Å². The van der Waals surface area contributed by atoms with E-state index in [1.165, 1.54) is 42.1 Å². The van der Waals surface area contributed by atoms with Gasteiger partial charge in [-0.15, -0.1) is 0 Å². The topological polar surface area (TPSA) is 81.0 Å². The molecule has 0 spiro atoms. The lowest BCUT2D eigenvalue weighted by molar-refractivity contribution is -0.137. The number of amides is 2. The molecule has 2 heterocycles. The van der Waals surface area contributed by atoms with E-state index in [4.69, 9.17) is 11.6 Å². The average Bonchev–Trinajstić information content (AvgIpc) is 3.44. The van der Waals surface area contributed by atoms with Crippen molar-refractivity contribution in [2.45, 2.75) is 13.1 Å². The summed E-state index contributed by atoms with van der Waals surface area (Å²) in [6.07, 6.45) is 0.0475. The number of hydrogen-bond donors (Lipinski definition) is 2. The number of carbonyl (C=O) groups is 2. The van der Waals surface area contributed by atoms with Gasteiger partial charge in [-0.1, -0.05) is 17.7 Å². The van der Waals surface area contributed by atoms with Gasteiger partial charge in [-0.3, -0.25) is 9.59 Å². The van der Waals surface area contributed by atoms with Crippen LogP contribution in [0.5, 0.6) is 0 Å². The quantitative estimate of drug-likeness (QED) is 0.387. The van der Waals surface area contributed by atoms with E-state index >= 15 is 0 Å². The van der Waals surface area contributed by atoms with Crippen LogP contribution in [0, 0.1) is 0 Å². The van der Waals surface area contributed by atoms with Crippen LogP contribution in [-0.4, -0.2) is 26.2 Å². The highest BCUT2D eigenvalue weighted by atomic mass is 35.5. The van der Waals surface area contributed by atoms with Crippen LogP contribution in [0.15, 0.2) is 73.2 Å². The van der Waals surface area contributed by atoms with Crippen molar-refractivity contribution >= 4 is 34.8 Å². The van der Waals surface area contributed by atoms with Crippen molar-refractivity contribution in [3.05, 3.63) is 89.3 Å². The van der Waals surface area contributed by atoms with Crippen LogP contribution in [0.3, 0.4) is 0 Å². The van der Waals surface area contributed by atoms with E-state index in [0.29, 0.717) is 11.4 Å². The largest absolute Gasteiger partial charge is 0.416 e. The Morgan fingerprint density at radius 2 is 1.74 bits per heavy atom. The predicted molar refractivity (Wildman–Crippen MR) is 122 cm³/mol. The van der Waals surface area contributed by atoms with Crippen LogP contribution < -0.4 is 10.6 Å². The smallest absolute Gasteiger partial charge is 0.325 e. The van der Waals surface area contributed by atoms with Crippen molar-refractivity contribution in [3.8, 4) is 11.5 Å². The summed E-state index contributed by atoms with van der Waals surface area (Å²) in [5.41, 5.74) is 0.168. The molecule has 2 N–H and O–H groups in total. The molecule has 0 bridgehead atoms. The zero-order valence-electron chi connectivity index (χ0n) is 17.6. The fourth-order valence-corrected chi connectivity index (χ4v) is 3.54. The molecule has 0 radical (unpaired) electrons. The first-order valence-electron chi connectivity index (χ1n) is 9.91. The molecule has 4 aromatic rings. The molecule has 0 aliphatic carbocycles. The summed E-state index contributed by atoms with van der Waals surface area (Å²) in [5, 5.41) is 9.68. The summed E-state index contributed by atoms with van der Waals surface area (Å²) in [5.74, 6) is -0.592. The summed E-state index contributed by atoms with van der Waals surface area (Å²) < 4.78 is 42.5. The molecule has 0 fully saturated rings. The third-order valence-electron chi connectivity index (χ3n) is 4.79. The lowest BCUT2D eigenvalue weighted by Gasteiger charge is -2.13. The molecule has 0 unspecified atom stereocenters. The highest BCUT2D eigenvalue weighted by Gasteiger charge is 2.31. The fraction of sp³-hybridized carbons (Fsp3) is 0.0870. The lowest BCUT2D eigenvalue weighted by Crippen LogP contribution is -2.16. The summed E-state index contributed by atoms with van der Waals surface area (Å²) in [4.78, 5) is 24.3. The van der Waals surface area contributed by atoms with Crippen LogP contribution in [0.4, 0.5) is 24.5 Å². The standard InChI is InChI=1S/C23H17ClF3N5O2/c1-14(33)29-20-8-7-16(12-19(20)24)30-21(34)18-13-28-32(22(18)31-9-2-3-10-31)17-6-4-5-15(11-17)23(25,26)27/h2-13H,1H3,(H,29,33)(H,30,34). The number of alkyl halides is 3. The van der Waals surface area contributed by atoms with E-state index in [0.717, 1.165) is 12.1 Å². The fourth-order valence-electron chi connectivity index (χ4n) is 3.31. The first kappa shape index (κ1) is 23.1. The van der Waals surface area contributed by atoms with Crippen LogP contribution in [0.2, 0.25) is 5.02 Å². The molecule has 0 aliphatic rings. The van der Waals surface area contributed by atoms with Crippen molar-refractivity contribution in [1.82, 2.24) is 14.3 Å². The van der Waals surface area contributed by atoms with E-state index in [1.807, 2.05) is 0 Å². The van der Waals surface area contributed by atoms with Gasteiger partial charge in [0.25, 0.3) is 5.91 Å². The van der Waals surface area contributed by atoms with E-state index in [-0.39, 0.29) is 28.0 Å². The molecule has 11 heteroatoms. The number of hydrogen-bond acceptors (Lipinski definition) is 3. The molecule has 2 amide bonds. The van der Waals surface area contributed by atoms with E-state index < -0.39 is 17.6 Å². The monoisotopic (exact) mass is 487 g/mol. The SMILES string of the molecule is CC(=O)Nc1ccc(NC(=O)c2cnn(-c3cccc(C(F)(F)F)c3)c2-n2cccc2)cc1Cl.